The van der Waals surface area contributed by atoms with Gasteiger partial charge in [-0.25, -0.2) is 9.59 Å². The fourth-order valence-corrected chi connectivity index (χ4v) is 9.67. The number of unbranched alkanes of at least 4 members (excludes halogenated alkanes) is 5. The molecule has 0 aromatic heterocycles. The summed E-state index contributed by atoms with van der Waals surface area (Å²) < 4.78 is 0. The maximum absolute atomic E-state index is 14.1. The Hall–Kier alpha value is -5.51. The van der Waals surface area contributed by atoms with Gasteiger partial charge < -0.3 is 87.1 Å². The number of carboxylic acid groups (broad SMARTS) is 2. The van der Waals surface area contributed by atoms with E-state index in [0.717, 1.165) is 31.9 Å². The number of nitrogens with one attached hydrogen (secondary N) is 8. The number of hydrogen-bond acceptors (Lipinski definition) is 15. The van der Waals surface area contributed by atoms with E-state index in [-0.39, 0.29) is 75.1 Å². The monoisotopic (exact) mass is 1070 g/mol. The largest absolute Gasteiger partial charge is 0.481 e. The molecule has 2 fully saturated rings. The van der Waals surface area contributed by atoms with Gasteiger partial charge in [-0.15, -0.1) is 0 Å². The number of hydrogen-bond donors (Lipinski definition) is 16. The smallest absolute Gasteiger partial charge is 0.326 e. The summed E-state index contributed by atoms with van der Waals surface area (Å²) in [4.78, 5) is 118. The van der Waals surface area contributed by atoms with Crippen molar-refractivity contribution in [3.63, 3.8) is 0 Å². The van der Waals surface area contributed by atoms with E-state index in [9.17, 15) is 43.5 Å². The number of guanidine groups is 1. The van der Waals surface area contributed by atoms with Crippen LogP contribution in [-0.4, -0.2) is 162 Å². The van der Waals surface area contributed by atoms with E-state index in [4.69, 9.17) is 44.3 Å². The Bertz CT molecular complexity index is 1790. The molecule has 8 amide bonds. The summed E-state index contributed by atoms with van der Waals surface area (Å²) in [6, 6.07) is -6.66. The molecule has 0 bridgehead atoms. The number of aliphatic carboxylic acids is 2. The van der Waals surface area contributed by atoms with Crippen molar-refractivity contribution in [3.8, 4) is 0 Å². The second-order valence-electron chi connectivity index (χ2n) is 19.0. The lowest BCUT2D eigenvalue weighted by Gasteiger charge is -2.27. The van der Waals surface area contributed by atoms with Crippen molar-refractivity contribution in [1.82, 2.24) is 42.5 Å². The second kappa shape index (κ2) is 38.1. The van der Waals surface area contributed by atoms with Gasteiger partial charge >= 0.3 is 12.0 Å². The van der Waals surface area contributed by atoms with E-state index in [0.29, 0.717) is 89.2 Å². The Labute approximate surface area is 439 Å². The van der Waals surface area contributed by atoms with Gasteiger partial charge in [0.25, 0.3) is 5.97 Å². The van der Waals surface area contributed by atoms with Crippen molar-refractivity contribution < 1.29 is 53.4 Å². The highest BCUT2D eigenvalue weighted by Crippen LogP contribution is 2.33. The van der Waals surface area contributed by atoms with Crippen LogP contribution in [-0.2, 0) is 38.4 Å². The van der Waals surface area contributed by atoms with Crippen molar-refractivity contribution in [2.45, 2.75) is 190 Å². The van der Waals surface area contributed by atoms with Crippen molar-refractivity contribution in [2.75, 3.05) is 38.5 Å². The topological polar surface area (TPSA) is 459 Å². The predicted molar refractivity (Wildman–Crippen MR) is 283 cm³/mol. The third kappa shape index (κ3) is 28.2. The number of carbonyl (C=O) groups excluding carboxylic acids is 7. The van der Waals surface area contributed by atoms with Gasteiger partial charge in [-0.1, -0.05) is 20.3 Å². The van der Waals surface area contributed by atoms with Gasteiger partial charge in [0.05, 0.1) is 18.1 Å². The summed E-state index contributed by atoms with van der Waals surface area (Å²) in [5.41, 5.74) is 34.4. The molecule has 0 unspecified atom stereocenters. The highest BCUT2D eigenvalue weighted by atomic mass is 32.2. The van der Waals surface area contributed by atoms with Gasteiger partial charge in [0.2, 0.25) is 35.4 Å². The normalized spacial score (nSPS) is 18.0. The summed E-state index contributed by atoms with van der Waals surface area (Å²) in [5, 5.41) is 39.7. The number of thioether (sulfide) groups is 1. The Morgan fingerprint density at radius 3 is 1.57 bits per heavy atom. The van der Waals surface area contributed by atoms with E-state index in [1.54, 1.807) is 13.8 Å². The van der Waals surface area contributed by atoms with E-state index >= 15 is 0 Å². The Morgan fingerprint density at radius 2 is 1.11 bits per heavy atom. The first kappa shape index (κ1) is 66.5. The maximum atomic E-state index is 14.1. The summed E-state index contributed by atoms with van der Waals surface area (Å²) in [6.07, 6.45) is 7.99. The second-order valence-corrected chi connectivity index (χ2v) is 20.2. The van der Waals surface area contributed by atoms with Gasteiger partial charge in [0.1, 0.15) is 30.2 Å². The number of carboxylic acids is 2. The molecule has 0 aromatic carbocycles. The number of carbonyl (C=O) groups is 9. The highest BCUT2D eigenvalue weighted by Gasteiger charge is 2.42. The predicted octanol–water partition coefficient (Wildman–Crippen LogP) is -1.98. The molecule has 2 saturated heterocycles. The van der Waals surface area contributed by atoms with E-state index in [1.807, 2.05) is 11.8 Å². The van der Waals surface area contributed by atoms with Crippen LogP contribution in [0.5, 0.6) is 0 Å². The molecule has 0 radical (unpaired) electrons. The molecular weight excluding hydrogens is 983 g/mol. The number of aliphatic imine (C=N–C) groups is 1. The van der Waals surface area contributed by atoms with Crippen LogP contribution in [0.3, 0.4) is 0 Å². The van der Waals surface area contributed by atoms with Gasteiger partial charge in [0, 0.05) is 37.4 Å². The molecule has 27 heteroatoms. The molecule has 0 aromatic rings. The lowest BCUT2D eigenvalue weighted by molar-refractivity contribution is -0.143. The molecule has 22 N–H and O–H groups in total. The van der Waals surface area contributed by atoms with Crippen LogP contribution >= 0.6 is 11.8 Å². The minimum Gasteiger partial charge on any atom is -0.481 e. The Kier molecular flexibility index (Phi) is 34.2. The number of urea groups is 1. The molecule has 26 nitrogen and oxygen atoms in total. The fraction of sp³-hybridized carbons (Fsp3) is 0.787. The van der Waals surface area contributed by atoms with Crippen LogP contribution in [0.25, 0.3) is 0 Å². The SMILES string of the molecule is CC(=O)O.CC(C)[C@H](NC(=O)[C@H](CCCCN)NC(=O)[C@H](CCCN=C(N)N)NC(=O)[C@H](CCCCN)NC(=O)[C@H](CCCCN)NC(=O)[C@@H](N)CCCCNC(=O)CCCC[C@@H]1SC[C@@H]2NC(=O)N[C@@H]21)C(=O)O. The third-order valence-electron chi connectivity index (χ3n) is 12.2. The highest BCUT2D eigenvalue weighted by molar-refractivity contribution is 8.00. The summed E-state index contributed by atoms with van der Waals surface area (Å²) in [5.74, 6) is -5.24. The molecule has 2 rings (SSSR count). The van der Waals surface area contributed by atoms with Crippen LogP contribution < -0.4 is 76.9 Å². The van der Waals surface area contributed by atoms with Gasteiger partial charge in [-0.3, -0.25) is 38.6 Å². The lowest BCUT2D eigenvalue weighted by atomic mass is 10.0. The van der Waals surface area contributed by atoms with Gasteiger partial charge in [-0.2, -0.15) is 11.8 Å². The molecule has 74 heavy (non-hydrogen) atoms. The third-order valence-corrected chi connectivity index (χ3v) is 13.7. The molecule has 0 spiro atoms. The standard InChI is InChI=1S/C45H85N15O9S.C2H4O2/c1-27(2)36(43(67)68)59-42(66)31(17-7-11-23-48)56-41(65)32(18-13-25-53-44(50)51)57-40(64)30(16-6-10-22-47)55-39(63)29(15-5-9-21-46)54-38(62)28(49)14-8-12-24-52-35(61)20-4-3-19-34-37-33(26-70-34)58-45(69)60-37;1-2(3)4/h27-34,36-37H,3-26,46-49H2,1-2H3,(H,52,61)(H,54,62)(H,55,63)(H,56,65)(H,57,64)(H,59,66)(H,67,68)(H4,50,51,53)(H2,58,60,69);1H3,(H,3,4)/t28-,29-,30-,31-,32-,33-,34-,36-,37-;/m0./s1. The maximum Gasteiger partial charge on any atom is 0.326 e. The summed E-state index contributed by atoms with van der Waals surface area (Å²) in [7, 11) is 0. The van der Waals surface area contributed by atoms with E-state index < -0.39 is 83.6 Å². The van der Waals surface area contributed by atoms with E-state index in [1.165, 1.54) is 0 Å². The van der Waals surface area contributed by atoms with Crippen LogP contribution in [0.4, 0.5) is 4.79 Å². The zero-order chi connectivity index (χ0) is 55.6. The number of nitrogens with two attached hydrogens (primary N) is 6. The van der Waals surface area contributed by atoms with Crippen LogP contribution in [0.1, 0.15) is 136 Å². The van der Waals surface area contributed by atoms with Gasteiger partial charge in [0.15, 0.2) is 5.96 Å². The summed E-state index contributed by atoms with van der Waals surface area (Å²) in [6.45, 7) is 5.87. The number of nitrogens with zero attached hydrogens (tertiary/aromatic N) is 1. The zero-order valence-electron chi connectivity index (χ0n) is 43.6. The van der Waals surface area contributed by atoms with Crippen molar-refractivity contribution in [2.24, 2.45) is 45.3 Å². The molecular formula is C47H89N15O11S. The van der Waals surface area contributed by atoms with Crippen molar-refractivity contribution >= 4 is 71.1 Å². The van der Waals surface area contributed by atoms with Crippen LogP contribution in [0.15, 0.2) is 4.99 Å². The van der Waals surface area contributed by atoms with Crippen molar-refractivity contribution in [3.05, 3.63) is 0 Å². The molecule has 0 saturated carbocycles. The molecule has 9 atom stereocenters. The Morgan fingerprint density at radius 1 is 0.649 bits per heavy atom. The number of rotatable bonds is 38. The fourth-order valence-electron chi connectivity index (χ4n) is 8.13. The molecule has 2 heterocycles. The molecule has 0 aliphatic carbocycles. The minimum atomic E-state index is -1.25. The first-order chi connectivity index (χ1) is 35.1. The van der Waals surface area contributed by atoms with Crippen LogP contribution in [0, 0.1) is 5.92 Å². The number of amides is 8. The minimum absolute atomic E-state index is 0.0171. The molecule has 424 valence electrons. The summed E-state index contributed by atoms with van der Waals surface area (Å²) >= 11 is 1.84. The molecule has 2 aliphatic heterocycles. The molecule has 2 aliphatic rings. The quantitative estimate of drug-likeness (QED) is 0.0138. The first-order valence-corrected chi connectivity index (χ1v) is 27.0. The average molecular weight is 1070 g/mol. The van der Waals surface area contributed by atoms with Gasteiger partial charge in [-0.05, 0) is 128 Å². The average Bonchev–Trinajstić information content (AvgIpc) is 3.89. The lowest BCUT2D eigenvalue weighted by Crippen LogP contribution is -2.59. The zero-order valence-corrected chi connectivity index (χ0v) is 44.4. The van der Waals surface area contributed by atoms with Crippen molar-refractivity contribution in [1.29, 1.82) is 0 Å². The van der Waals surface area contributed by atoms with E-state index in [2.05, 4.69) is 47.5 Å². The first-order valence-electron chi connectivity index (χ1n) is 26.0. The number of fused-ring (bicyclic) bond motifs is 1. The van der Waals surface area contributed by atoms with Crippen LogP contribution in [0.2, 0.25) is 0 Å². The Balaban J connectivity index is 0.00000658.